The summed E-state index contributed by atoms with van der Waals surface area (Å²) in [6.07, 6.45) is 5.88. The summed E-state index contributed by atoms with van der Waals surface area (Å²) in [4.78, 5) is 0. The first-order valence-corrected chi connectivity index (χ1v) is 12.2. The molecule has 2 aromatic carbocycles. The number of aryl methyl sites for hydroxylation is 1. The predicted molar refractivity (Wildman–Crippen MR) is 117 cm³/mol. The topological polar surface area (TPSA) is 52.6 Å². The fourth-order valence-electron chi connectivity index (χ4n) is 4.70. The summed E-state index contributed by atoms with van der Waals surface area (Å²) < 4.78 is 71.3. The van der Waals surface area contributed by atoms with Crippen LogP contribution >= 0.6 is 0 Å². The second-order valence-corrected chi connectivity index (χ2v) is 9.97. The van der Waals surface area contributed by atoms with Crippen LogP contribution in [0.2, 0.25) is 0 Å². The van der Waals surface area contributed by atoms with Gasteiger partial charge in [0.15, 0.2) is 0 Å². The molecule has 3 rings (SSSR count). The molecule has 2 aromatic rings. The van der Waals surface area contributed by atoms with Crippen LogP contribution in [0, 0.1) is 0 Å². The number of rotatable bonds is 8. The molecule has 0 aliphatic heterocycles. The third kappa shape index (κ3) is 5.46. The Kier molecular flexibility index (Phi) is 7.55. The molecule has 0 heterocycles. The van der Waals surface area contributed by atoms with Gasteiger partial charge in [-0.2, -0.15) is 21.6 Å². The van der Waals surface area contributed by atoms with Crippen LogP contribution in [0.1, 0.15) is 55.7 Å². The Labute approximate surface area is 187 Å². The van der Waals surface area contributed by atoms with Crippen LogP contribution in [0.15, 0.2) is 48.5 Å². The maximum Gasteiger partial charge on any atom is 0.534 e. The summed E-state index contributed by atoms with van der Waals surface area (Å²) in [7, 11) is -4.00. The van der Waals surface area contributed by atoms with Crippen molar-refractivity contribution in [2.75, 3.05) is 7.11 Å². The maximum atomic E-state index is 12.8. The molecule has 1 aliphatic carbocycles. The number of methoxy groups -OCH3 is 1. The zero-order valence-corrected chi connectivity index (χ0v) is 19.1. The molecule has 0 spiro atoms. The van der Waals surface area contributed by atoms with Crippen molar-refractivity contribution in [3.05, 3.63) is 65.2 Å². The molecule has 176 valence electrons. The third-order valence-corrected chi connectivity index (χ3v) is 7.24. The van der Waals surface area contributed by atoms with Gasteiger partial charge in [-0.3, -0.25) is 0 Å². The van der Waals surface area contributed by atoms with Crippen molar-refractivity contribution in [3.63, 3.8) is 0 Å². The van der Waals surface area contributed by atoms with E-state index in [2.05, 4.69) is 16.3 Å². The zero-order valence-electron chi connectivity index (χ0n) is 18.3. The first-order chi connectivity index (χ1) is 15.1. The van der Waals surface area contributed by atoms with Crippen LogP contribution in [0.4, 0.5) is 13.2 Å². The van der Waals surface area contributed by atoms with E-state index in [9.17, 15) is 21.6 Å². The Hall–Kier alpha value is -2.06. The molecule has 0 amide bonds. The first kappa shape index (κ1) is 24.6. The van der Waals surface area contributed by atoms with Gasteiger partial charge in [0.2, 0.25) is 0 Å². The van der Waals surface area contributed by atoms with Gasteiger partial charge in [0.05, 0.1) is 6.10 Å². The highest BCUT2D eigenvalue weighted by molar-refractivity contribution is 7.88. The molecular weight excluding hydrogens is 441 g/mol. The Morgan fingerprint density at radius 1 is 1.06 bits per heavy atom. The minimum Gasteiger partial charge on any atom is -0.381 e. The number of benzene rings is 2. The highest BCUT2D eigenvalue weighted by Crippen LogP contribution is 2.45. The Morgan fingerprint density at radius 2 is 1.72 bits per heavy atom. The van der Waals surface area contributed by atoms with Crippen LogP contribution in [0.25, 0.3) is 0 Å². The lowest BCUT2D eigenvalue weighted by Gasteiger charge is -2.42. The van der Waals surface area contributed by atoms with Gasteiger partial charge in [0, 0.05) is 7.11 Å². The summed E-state index contributed by atoms with van der Waals surface area (Å²) in [5.74, 6) is -0.310. The molecule has 8 heteroatoms. The summed E-state index contributed by atoms with van der Waals surface area (Å²) in [6.45, 7) is 1.98. The highest BCUT2D eigenvalue weighted by Gasteiger charge is 2.48. The summed E-state index contributed by atoms with van der Waals surface area (Å²) in [5.41, 5.74) is -2.61. The second-order valence-electron chi connectivity index (χ2n) is 8.43. The van der Waals surface area contributed by atoms with Crippen LogP contribution < -0.4 is 4.18 Å². The van der Waals surface area contributed by atoms with Gasteiger partial charge in [-0.05, 0) is 72.8 Å². The third-order valence-electron chi connectivity index (χ3n) is 6.27. The van der Waals surface area contributed by atoms with Crippen molar-refractivity contribution in [1.29, 1.82) is 0 Å². The number of ether oxygens (including phenoxy) is 1. The van der Waals surface area contributed by atoms with Crippen LogP contribution in [-0.2, 0) is 33.1 Å². The lowest BCUT2D eigenvalue weighted by atomic mass is 9.64. The molecule has 0 bridgehead atoms. The van der Waals surface area contributed by atoms with Gasteiger partial charge < -0.3 is 8.92 Å². The molecule has 32 heavy (non-hydrogen) atoms. The van der Waals surface area contributed by atoms with Crippen LogP contribution in [-0.4, -0.2) is 27.1 Å². The Morgan fingerprint density at radius 3 is 2.28 bits per heavy atom. The van der Waals surface area contributed by atoms with Crippen molar-refractivity contribution in [1.82, 2.24) is 0 Å². The fourth-order valence-corrected chi connectivity index (χ4v) is 5.15. The van der Waals surface area contributed by atoms with Crippen molar-refractivity contribution in [2.24, 2.45) is 0 Å². The maximum absolute atomic E-state index is 12.8. The van der Waals surface area contributed by atoms with E-state index in [1.54, 1.807) is 13.2 Å². The fraction of sp³-hybridized carbons (Fsp3) is 0.500. The Bertz CT molecular complexity index is 996. The minimum absolute atomic E-state index is 0.188. The van der Waals surface area contributed by atoms with Gasteiger partial charge in [-0.25, -0.2) is 0 Å². The Balaban J connectivity index is 2.02. The van der Waals surface area contributed by atoms with E-state index in [-0.39, 0.29) is 17.3 Å². The van der Waals surface area contributed by atoms with E-state index in [1.165, 1.54) is 17.7 Å². The normalized spacial score (nSPS) is 22.0. The van der Waals surface area contributed by atoms with E-state index in [0.717, 1.165) is 49.7 Å². The van der Waals surface area contributed by atoms with E-state index in [4.69, 9.17) is 4.74 Å². The number of alkyl halides is 3. The standard InChI is InChI=1S/C24H29F3O4S/c1-3-7-19-16-21(31-32(28,29)24(25,26)27)10-11-22(19)23(14-12-20(30-2)13-15-23)17-18-8-5-4-6-9-18/h4-6,8-11,16,20H,3,7,12-15,17H2,1-2H3. The van der Waals surface area contributed by atoms with E-state index in [1.807, 2.05) is 25.1 Å². The molecule has 1 saturated carbocycles. The molecule has 1 fully saturated rings. The summed E-state index contributed by atoms with van der Waals surface area (Å²) in [6, 6.07) is 14.7. The van der Waals surface area contributed by atoms with Crippen molar-refractivity contribution >= 4 is 10.1 Å². The molecule has 0 N–H and O–H groups in total. The molecule has 4 nitrogen and oxygen atoms in total. The molecule has 0 unspecified atom stereocenters. The molecule has 0 saturated heterocycles. The van der Waals surface area contributed by atoms with E-state index >= 15 is 0 Å². The quantitative estimate of drug-likeness (QED) is 0.354. The highest BCUT2D eigenvalue weighted by atomic mass is 32.2. The summed E-state index contributed by atoms with van der Waals surface area (Å²) in [5, 5.41) is 0. The minimum atomic E-state index is -5.71. The van der Waals surface area contributed by atoms with Crippen molar-refractivity contribution < 1.29 is 30.5 Å². The SMILES string of the molecule is CCCc1cc(OS(=O)(=O)C(F)(F)F)ccc1C1(Cc2ccccc2)CCC(OC)CC1. The van der Waals surface area contributed by atoms with Gasteiger partial charge in [-0.1, -0.05) is 49.7 Å². The molecule has 0 atom stereocenters. The number of halogens is 3. The average Bonchev–Trinajstić information content (AvgIpc) is 2.74. The second kappa shape index (κ2) is 9.83. The van der Waals surface area contributed by atoms with Crippen LogP contribution in [0.5, 0.6) is 5.75 Å². The molecule has 1 aliphatic rings. The largest absolute Gasteiger partial charge is 0.534 e. The lowest BCUT2D eigenvalue weighted by molar-refractivity contribution is -0.0500. The first-order valence-electron chi connectivity index (χ1n) is 10.8. The van der Waals surface area contributed by atoms with Gasteiger partial charge in [0.25, 0.3) is 0 Å². The van der Waals surface area contributed by atoms with Gasteiger partial charge >= 0.3 is 15.6 Å². The molecule has 0 radical (unpaired) electrons. The van der Waals surface area contributed by atoms with Gasteiger partial charge in [-0.15, -0.1) is 0 Å². The zero-order chi connectivity index (χ0) is 23.4. The molecule has 0 aromatic heterocycles. The van der Waals surface area contributed by atoms with Crippen molar-refractivity contribution in [2.45, 2.75) is 68.9 Å². The van der Waals surface area contributed by atoms with Crippen LogP contribution in [0.3, 0.4) is 0 Å². The summed E-state index contributed by atoms with van der Waals surface area (Å²) >= 11 is 0. The predicted octanol–water partition coefficient (Wildman–Crippen LogP) is 5.94. The van der Waals surface area contributed by atoms with E-state index in [0.29, 0.717) is 6.42 Å². The van der Waals surface area contributed by atoms with E-state index < -0.39 is 15.6 Å². The monoisotopic (exact) mass is 470 g/mol. The van der Waals surface area contributed by atoms with Gasteiger partial charge in [0.1, 0.15) is 5.75 Å². The smallest absolute Gasteiger partial charge is 0.381 e. The average molecular weight is 471 g/mol. The number of hydrogen-bond donors (Lipinski definition) is 0. The van der Waals surface area contributed by atoms with Crippen molar-refractivity contribution in [3.8, 4) is 5.75 Å². The number of hydrogen-bond acceptors (Lipinski definition) is 4. The molecular formula is C24H29F3O4S. The lowest BCUT2D eigenvalue weighted by Crippen LogP contribution is -2.37.